The van der Waals surface area contributed by atoms with Crippen molar-refractivity contribution in [1.82, 2.24) is 10.2 Å². The van der Waals surface area contributed by atoms with Crippen LogP contribution in [0.15, 0.2) is 0 Å². The summed E-state index contributed by atoms with van der Waals surface area (Å²) in [5.74, 6) is 0.559. The van der Waals surface area contributed by atoms with Crippen LogP contribution in [0.1, 0.15) is 33.1 Å². The molecule has 0 bridgehead atoms. The van der Waals surface area contributed by atoms with Crippen molar-refractivity contribution in [3.05, 3.63) is 0 Å². The highest BCUT2D eigenvalue weighted by atomic mass is 32.2. The SMILES string of the molecule is CNC(C)(C#N)CCCCN1CCS(=O)(=O)CC1C. The summed E-state index contributed by atoms with van der Waals surface area (Å²) in [7, 11) is -1.01. The topological polar surface area (TPSA) is 73.2 Å². The molecule has 0 amide bonds. The predicted molar refractivity (Wildman–Crippen MR) is 76.6 cm³/mol. The van der Waals surface area contributed by atoms with E-state index in [4.69, 9.17) is 5.26 Å². The molecule has 6 heteroatoms. The van der Waals surface area contributed by atoms with Crippen molar-refractivity contribution in [2.24, 2.45) is 0 Å². The molecule has 1 aliphatic rings. The molecule has 5 nitrogen and oxygen atoms in total. The Bertz CT molecular complexity index is 430. The minimum absolute atomic E-state index is 0.116. The van der Waals surface area contributed by atoms with Crippen LogP contribution < -0.4 is 5.32 Å². The van der Waals surface area contributed by atoms with Gasteiger partial charge < -0.3 is 5.32 Å². The molecular weight excluding hydrogens is 262 g/mol. The standard InChI is InChI=1S/C13H25N3O2S/c1-12-10-19(17,18)9-8-16(12)7-5-4-6-13(2,11-14)15-3/h12,15H,4-10H2,1-3H3. The van der Waals surface area contributed by atoms with Crippen LogP contribution in [0.4, 0.5) is 0 Å². The lowest BCUT2D eigenvalue weighted by Crippen LogP contribution is -2.47. The summed E-state index contributed by atoms with van der Waals surface area (Å²) in [5.41, 5.74) is -0.448. The van der Waals surface area contributed by atoms with Gasteiger partial charge in [-0.2, -0.15) is 5.26 Å². The molecular formula is C13H25N3O2S. The second-order valence-corrected chi connectivity index (χ2v) is 7.88. The zero-order valence-electron chi connectivity index (χ0n) is 12.1. The molecule has 2 atom stereocenters. The number of nitriles is 1. The van der Waals surface area contributed by atoms with Gasteiger partial charge in [0.25, 0.3) is 0 Å². The second-order valence-electron chi connectivity index (χ2n) is 5.65. The second kappa shape index (κ2) is 6.69. The van der Waals surface area contributed by atoms with Crippen LogP contribution >= 0.6 is 0 Å². The molecule has 0 aliphatic carbocycles. The third-order valence-corrected chi connectivity index (χ3v) is 5.77. The number of unbranched alkanes of at least 4 members (excludes halogenated alkanes) is 1. The number of sulfone groups is 1. The summed E-state index contributed by atoms with van der Waals surface area (Å²) < 4.78 is 22.9. The first-order valence-corrected chi connectivity index (χ1v) is 8.69. The largest absolute Gasteiger partial charge is 0.303 e. The molecule has 1 N–H and O–H groups in total. The molecule has 19 heavy (non-hydrogen) atoms. The van der Waals surface area contributed by atoms with Gasteiger partial charge in [0.15, 0.2) is 9.84 Å². The summed E-state index contributed by atoms with van der Waals surface area (Å²) in [6, 6.07) is 2.40. The summed E-state index contributed by atoms with van der Waals surface area (Å²) in [6.07, 6.45) is 2.80. The summed E-state index contributed by atoms with van der Waals surface area (Å²) >= 11 is 0. The Hall–Kier alpha value is -0.640. The van der Waals surface area contributed by atoms with E-state index in [0.29, 0.717) is 6.54 Å². The van der Waals surface area contributed by atoms with Crippen molar-refractivity contribution < 1.29 is 8.42 Å². The molecule has 110 valence electrons. The van der Waals surface area contributed by atoms with Gasteiger partial charge in [0, 0.05) is 12.6 Å². The quantitative estimate of drug-likeness (QED) is 0.731. The van der Waals surface area contributed by atoms with E-state index in [2.05, 4.69) is 16.3 Å². The highest BCUT2D eigenvalue weighted by Gasteiger charge is 2.27. The molecule has 1 saturated heterocycles. The zero-order chi connectivity index (χ0) is 14.5. The Balaban J connectivity index is 2.29. The summed E-state index contributed by atoms with van der Waals surface area (Å²) in [4.78, 5) is 2.24. The molecule has 2 unspecified atom stereocenters. The lowest BCUT2D eigenvalue weighted by Gasteiger charge is -2.33. The van der Waals surface area contributed by atoms with E-state index in [1.807, 2.05) is 13.8 Å². The number of nitrogens with one attached hydrogen (secondary N) is 1. The zero-order valence-corrected chi connectivity index (χ0v) is 13.0. The maximum absolute atomic E-state index is 11.5. The number of hydrogen-bond acceptors (Lipinski definition) is 5. The van der Waals surface area contributed by atoms with Crippen molar-refractivity contribution >= 4 is 9.84 Å². The van der Waals surface area contributed by atoms with Crippen LogP contribution in [0, 0.1) is 11.3 Å². The predicted octanol–water partition coefficient (Wildman–Crippen LogP) is 0.777. The van der Waals surface area contributed by atoms with Crippen LogP contribution in [0.2, 0.25) is 0 Å². The van der Waals surface area contributed by atoms with Crippen LogP contribution in [0.25, 0.3) is 0 Å². The monoisotopic (exact) mass is 287 g/mol. The van der Waals surface area contributed by atoms with Gasteiger partial charge in [0.05, 0.1) is 17.6 Å². The van der Waals surface area contributed by atoms with Crippen molar-refractivity contribution in [2.45, 2.75) is 44.7 Å². The van der Waals surface area contributed by atoms with Crippen molar-refractivity contribution in [2.75, 3.05) is 31.6 Å². The fourth-order valence-electron chi connectivity index (χ4n) is 2.40. The first-order chi connectivity index (χ1) is 8.82. The average molecular weight is 287 g/mol. The Labute approximate surface area is 116 Å². The lowest BCUT2D eigenvalue weighted by atomic mass is 9.97. The molecule has 1 aliphatic heterocycles. The first kappa shape index (κ1) is 16.4. The van der Waals surface area contributed by atoms with Crippen LogP contribution in [-0.4, -0.2) is 56.5 Å². The van der Waals surface area contributed by atoms with Crippen molar-refractivity contribution in [1.29, 1.82) is 5.26 Å². The Morgan fingerprint density at radius 1 is 1.47 bits per heavy atom. The van der Waals surface area contributed by atoms with E-state index in [1.165, 1.54) is 0 Å². The van der Waals surface area contributed by atoms with Crippen molar-refractivity contribution in [3.63, 3.8) is 0 Å². The maximum Gasteiger partial charge on any atom is 0.153 e. The van der Waals surface area contributed by atoms with E-state index >= 15 is 0 Å². The normalized spacial score (nSPS) is 26.5. The van der Waals surface area contributed by atoms with Gasteiger partial charge in [0.2, 0.25) is 0 Å². The van der Waals surface area contributed by atoms with E-state index in [0.717, 1.165) is 25.8 Å². The molecule has 1 heterocycles. The van der Waals surface area contributed by atoms with E-state index in [-0.39, 0.29) is 17.5 Å². The first-order valence-electron chi connectivity index (χ1n) is 6.86. The summed E-state index contributed by atoms with van der Waals surface area (Å²) in [6.45, 7) is 5.44. The van der Waals surface area contributed by atoms with Crippen LogP contribution in [0.5, 0.6) is 0 Å². The molecule has 1 rings (SSSR count). The fraction of sp³-hybridized carbons (Fsp3) is 0.923. The molecule has 0 aromatic heterocycles. The maximum atomic E-state index is 11.5. The fourth-order valence-corrected chi connectivity index (χ4v) is 4.02. The molecule has 0 saturated carbocycles. The Kier molecular flexibility index (Phi) is 5.78. The average Bonchev–Trinajstić information content (AvgIpc) is 2.35. The van der Waals surface area contributed by atoms with E-state index in [9.17, 15) is 8.42 Å². The minimum atomic E-state index is -2.82. The van der Waals surface area contributed by atoms with Gasteiger partial charge in [-0.1, -0.05) is 0 Å². The molecule has 0 spiro atoms. The van der Waals surface area contributed by atoms with Gasteiger partial charge in [-0.15, -0.1) is 0 Å². The Morgan fingerprint density at radius 2 is 2.16 bits per heavy atom. The third kappa shape index (κ3) is 5.09. The van der Waals surface area contributed by atoms with E-state index < -0.39 is 15.4 Å². The Morgan fingerprint density at radius 3 is 2.68 bits per heavy atom. The van der Waals surface area contributed by atoms with Crippen LogP contribution in [-0.2, 0) is 9.84 Å². The smallest absolute Gasteiger partial charge is 0.153 e. The molecule has 1 fully saturated rings. The third-order valence-electron chi connectivity index (χ3n) is 3.98. The van der Waals surface area contributed by atoms with Gasteiger partial charge in [-0.25, -0.2) is 8.42 Å². The number of hydrogen-bond donors (Lipinski definition) is 1. The van der Waals surface area contributed by atoms with Gasteiger partial charge >= 0.3 is 0 Å². The van der Waals surface area contributed by atoms with E-state index in [1.54, 1.807) is 7.05 Å². The molecule has 0 radical (unpaired) electrons. The lowest BCUT2D eigenvalue weighted by molar-refractivity contribution is 0.220. The van der Waals surface area contributed by atoms with Crippen molar-refractivity contribution in [3.8, 4) is 6.07 Å². The van der Waals surface area contributed by atoms with Gasteiger partial charge in [0.1, 0.15) is 5.54 Å². The van der Waals surface area contributed by atoms with Gasteiger partial charge in [-0.05, 0) is 46.7 Å². The number of rotatable bonds is 6. The minimum Gasteiger partial charge on any atom is -0.303 e. The molecule has 0 aromatic rings. The van der Waals surface area contributed by atoms with Gasteiger partial charge in [-0.3, -0.25) is 4.90 Å². The highest BCUT2D eigenvalue weighted by Crippen LogP contribution is 2.15. The highest BCUT2D eigenvalue weighted by molar-refractivity contribution is 7.91. The molecule has 0 aromatic carbocycles. The van der Waals surface area contributed by atoms with Crippen LogP contribution in [0.3, 0.4) is 0 Å². The number of nitrogens with zero attached hydrogens (tertiary/aromatic N) is 2. The summed E-state index contributed by atoms with van der Waals surface area (Å²) in [5, 5.41) is 12.1.